The third-order valence-corrected chi connectivity index (χ3v) is 7.14. The zero-order valence-electron chi connectivity index (χ0n) is 17.5. The number of ether oxygens (including phenoxy) is 2. The van der Waals surface area contributed by atoms with E-state index in [4.69, 9.17) is 15.2 Å². The van der Waals surface area contributed by atoms with Crippen LogP contribution in [0.25, 0.3) is 15.9 Å². The fourth-order valence-electron chi connectivity index (χ4n) is 3.85. The number of benzene rings is 1. The number of primary amides is 1. The fourth-order valence-corrected chi connectivity index (χ4v) is 5.72. The largest absolute Gasteiger partial charge is 0.473 e. The average Bonchev–Trinajstić information content (AvgIpc) is 3.37. The van der Waals surface area contributed by atoms with Gasteiger partial charge in [0.2, 0.25) is 11.0 Å². The number of hydrogen-bond acceptors (Lipinski definition) is 9. The van der Waals surface area contributed by atoms with Gasteiger partial charge in [-0.25, -0.2) is 9.78 Å². The number of amides is 1. The van der Waals surface area contributed by atoms with Crippen LogP contribution in [-0.4, -0.2) is 37.0 Å². The number of hydrogen-bond donors (Lipinski definition) is 1. The molecule has 1 amide bonds. The molecule has 166 valence electrons. The Balaban J connectivity index is 1.44. The van der Waals surface area contributed by atoms with Crippen LogP contribution >= 0.6 is 23.1 Å². The van der Waals surface area contributed by atoms with Gasteiger partial charge in [-0.2, -0.15) is 4.52 Å². The predicted molar refractivity (Wildman–Crippen MR) is 122 cm³/mol. The lowest BCUT2D eigenvalue weighted by Crippen LogP contribution is -2.20. The van der Waals surface area contributed by atoms with E-state index >= 15 is 0 Å². The Hall–Kier alpha value is -2.92. The van der Waals surface area contributed by atoms with Gasteiger partial charge in [0, 0.05) is 11.0 Å². The molecule has 32 heavy (non-hydrogen) atoms. The molecule has 0 unspecified atom stereocenters. The Kier molecular flexibility index (Phi) is 5.83. The molecular weight excluding hydrogens is 448 g/mol. The molecule has 1 fully saturated rings. The smallest absolute Gasteiger partial charge is 0.411 e. The highest BCUT2D eigenvalue weighted by atomic mass is 32.2. The molecule has 1 aliphatic carbocycles. The number of rotatable bonds is 6. The van der Waals surface area contributed by atoms with Crippen molar-refractivity contribution in [2.24, 2.45) is 5.73 Å². The van der Waals surface area contributed by atoms with Crippen LogP contribution in [0.1, 0.15) is 44.6 Å². The summed E-state index contributed by atoms with van der Waals surface area (Å²) in [7, 11) is 0. The van der Waals surface area contributed by atoms with Crippen LogP contribution < -0.4 is 15.2 Å². The van der Waals surface area contributed by atoms with E-state index in [2.05, 4.69) is 33.3 Å². The minimum atomic E-state index is -0.871. The minimum absolute atomic E-state index is 0.221. The van der Waals surface area contributed by atoms with Crippen LogP contribution in [0.3, 0.4) is 0 Å². The van der Waals surface area contributed by atoms with Crippen molar-refractivity contribution in [1.29, 1.82) is 0 Å². The van der Waals surface area contributed by atoms with Gasteiger partial charge in [0.05, 0.1) is 10.2 Å². The summed E-state index contributed by atoms with van der Waals surface area (Å²) in [5.41, 5.74) is 7.65. The lowest BCUT2D eigenvalue weighted by molar-refractivity contribution is 0.146. The Bertz CT molecular complexity index is 1280. The van der Waals surface area contributed by atoms with E-state index in [0.717, 1.165) is 39.9 Å². The van der Waals surface area contributed by atoms with Crippen molar-refractivity contribution in [3.05, 3.63) is 29.8 Å². The summed E-state index contributed by atoms with van der Waals surface area (Å²) in [5.74, 6) is 0.589. The third kappa shape index (κ3) is 4.35. The molecule has 3 aromatic heterocycles. The second-order valence-electron chi connectivity index (χ2n) is 7.59. The first kappa shape index (κ1) is 21.0. The number of aryl methyl sites for hydroxylation is 1. The van der Waals surface area contributed by atoms with Crippen LogP contribution in [0.15, 0.2) is 34.3 Å². The number of fused-ring (bicyclic) bond motifs is 2. The number of carbonyl (C=O) groups is 1. The summed E-state index contributed by atoms with van der Waals surface area (Å²) in [4.78, 5) is 16.5. The van der Waals surface area contributed by atoms with E-state index in [1.165, 1.54) is 42.4 Å². The molecule has 5 rings (SSSR count). The zero-order valence-corrected chi connectivity index (χ0v) is 19.1. The molecule has 9 nitrogen and oxygen atoms in total. The molecule has 0 bridgehead atoms. The topological polar surface area (TPSA) is 118 Å². The van der Waals surface area contributed by atoms with Crippen molar-refractivity contribution in [1.82, 2.24) is 24.8 Å². The quantitative estimate of drug-likeness (QED) is 0.434. The first-order chi connectivity index (χ1) is 15.6. The second kappa shape index (κ2) is 8.91. The van der Waals surface area contributed by atoms with E-state index in [9.17, 15) is 4.79 Å². The van der Waals surface area contributed by atoms with Crippen LogP contribution in [-0.2, 0) is 6.42 Å². The van der Waals surface area contributed by atoms with Gasteiger partial charge >= 0.3 is 6.09 Å². The molecule has 1 aliphatic rings. The highest BCUT2D eigenvalue weighted by molar-refractivity contribution is 7.99. The number of carbonyl (C=O) groups excluding carboxylic acids is 1. The van der Waals surface area contributed by atoms with Gasteiger partial charge in [-0.3, -0.25) is 0 Å². The van der Waals surface area contributed by atoms with E-state index in [1.54, 1.807) is 4.52 Å². The maximum absolute atomic E-state index is 11.1. The molecule has 0 aliphatic heterocycles. The molecule has 2 N–H and O–H groups in total. The third-order valence-electron chi connectivity index (χ3n) is 5.36. The van der Waals surface area contributed by atoms with Crippen molar-refractivity contribution >= 4 is 45.1 Å². The predicted octanol–water partition coefficient (Wildman–Crippen LogP) is 4.62. The molecular formula is C21H22N6O3S2. The average molecular weight is 471 g/mol. The van der Waals surface area contributed by atoms with Gasteiger partial charge in [-0.05, 0) is 67.6 Å². The minimum Gasteiger partial charge on any atom is -0.473 e. The van der Waals surface area contributed by atoms with Crippen LogP contribution in [0.5, 0.6) is 11.1 Å². The lowest BCUT2D eigenvalue weighted by Gasteiger charge is -2.22. The molecule has 4 aromatic rings. The molecule has 0 atom stereocenters. The van der Waals surface area contributed by atoms with Crippen LogP contribution in [0, 0.1) is 0 Å². The summed E-state index contributed by atoms with van der Waals surface area (Å²) < 4.78 is 13.7. The van der Waals surface area contributed by atoms with Gasteiger partial charge < -0.3 is 15.2 Å². The Morgan fingerprint density at radius 3 is 2.88 bits per heavy atom. The molecule has 1 aromatic carbocycles. The van der Waals surface area contributed by atoms with Gasteiger partial charge in [-0.1, -0.05) is 24.7 Å². The Morgan fingerprint density at radius 1 is 1.25 bits per heavy atom. The Labute approximate surface area is 192 Å². The summed E-state index contributed by atoms with van der Waals surface area (Å²) in [5, 5.41) is 14.1. The molecule has 0 saturated heterocycles. The number of aromatic nitrogens is 5. The normalized spacial score (nSPS) is 14.8. The number of thiazole rings is 1. The van der Waals surface area contributed by atoms with Crippen molar-refractivity contribution in [2.45, 2.75) is 61.6 Å². The maximum atomic E-state index is 11.1. The summed E-state index contributed by atoms with van der Waals surface area (Å²) >= 11 is 2.75. The van der Waals surface area contributed by atoms with Crippen molar-refractivity contribution in [2.75, 3.05) is 0 Å². The number of nitrogens with zero attached hydrogens (tertiary/aromatic N) is 5. The Morgan fingerprint density at radius 2 is 2.09 bits per heavy atom. The zero-order chi connectivity index (χ0) is 22.1. The van der Waals surface area contributed by atoms with Gasteiger partial charge in [-0.15, -0.1) is 15.3 Å². The standard InChI is InChI=1S/C21H22N6O3S2/c1-2-12-10-14(11-15-18(12)23-21(32-15)30-19(22)28)31-20-25-24-16-8-9-17(26-27(16)20)29-13-6-4-3-5-7-13/h8-11,13H,2-7H2,1H3,(H2,22,28). The highest BCUT2D eigenvalue weighted by Crippen LogP contribution is 2.36. The monoisotopic (exact) mass is 470 g/mol. The van der Waals surface area contributed by atoms with E-state index < -0.39 is 6.09 Å². The van der Waals surface area contributed by atoms with Crippen LogP contribution in [0.2, 0.25) is 0 Å². The maximum Gasteiger partial charge on any atom is 0.411 e. The fraction of sp³-hybridized carbons (Fsp3) is 0.381. The molecule has 0 spiro atoms. The first-order valence-electron chi connectivity index (χ1n) is 10.6. The van der Waals surface area contributed by atoms with Crippen molar-refractivity contribution < 1.29 is 14.3 Å². The lowest BCUT2D eigenvalue weighted by atomic mass is 9.98. The van der Waals surface area contributed by atoms with Crippen molar-refractivity contribution in [3.63, 3.8) is 0 Å². The van der Waals surface area contributed by atoms with E-state index in [0.29, 0.717) is 16.7 Å². The highest BCUT2D eigenvalue weighted by Gasteiger charge is 2.18. The SMILES string of the molecule is CCc1cc(Sc2nnc3ccc(OC4CCCCC4)nn23)cc2sc(OC(N)=O)nc12. The summed E-state index contributed by atoms with van der Waals surface area (Å²) in [6.07, 6.45) is 5.95. The van der Waals surface area contributed by atoms with Gasteiger partial charge in [0.15, 0.2) is 5.65 Å². The first-order valence-corrected chi connectivity index (χ1v) is 12.2. The second-order valence-corrected chi connectivity index (χ2v) is 9.62. The van der Waals surface area contributed by atoms with Crippen LogP contribution in [0.4, 0.5) is 4.79 Å². The van der Waals surface area contributed by atoms with E-state index in [1.807, 2.05) is 18.2 Å². The molecule has 3 heterocycles. The summed E-state index contributed by atoms with van der Waals surface area (Å²) in [6.45, 7) is 2.06. The number of nitrogens with two attached hydrogens (primary N) is 1. The molecule has 0 radical (unpaired) electrons. The summed E-state index contributed by atoms with van der Waals surface area (Å²) in [6, 6.07) is 7.78. The van der Waals surface area contributed by atoms with Gasteiger partial charge in [0.1, 0.15) is 6.10 Å². The van der Waals surface area contributed by atoms with Crippen molar-refractivity contribution in [3.8, 4) is 11.1 Å². The molecule has 1 saturated carbocycles. The van der Waals surface area contributed by atoms with Gasteiger partial charge in [0.25, 0.3) is 5.19 Å². The molecule has 11 heteroatoms. The van der Waals surface area contributed by atoms with E-state index in [-0.39, 0.29) is 11.3 Å².